The van der Waals surface area contributed by atoms with Gasteiger partial charge in [-0.15, -0.1) is 0 Å². The van der Waals surface area contributed by atoms with Crippen molar-refractivity contribution in [3.05, 3.63) is 89.0 Å². The largest absolute Gasteiger partial charge is 0.338 e. The van der Waals surface area contributed by atoms with Gasteiger partial charge in [0.1, 0.15) is 0 Å². The minimum atomic E-state index is -0.149. The number of carbonyl (C=O) groups excluding carboxylic acids is 2. The maximum absolute atomic E-state index is 12.7. The second kappa shape index (κ2) is 9.40. The van der Waals surface area contributed by atoms with Crippen LogP contribution in [0.2, 0.25) is 0 Å². The van der Waals surface area contributed by atoms with Crippen LogP contribution in [0.25, 0.3) is 0 Å². The van der Waals surface area contributed by atoms with Gasteiger partial charge in [-0.05, 0) is 73.9 Å². The molecule has 1 aliphatic heterocycles. The molecule has 1 aliphatic rings. The predicted molar refractivity (Wildman–Crippen MR) is 126 cm³/mol. The lowest BCUT2D eigenvalue weighted by atomic mass is 10.1. The number of rotatable bonds is 6. The molecule has 3 aromatic rings. The summed E-state index contributed by atoms with van der Waals surface area (Å²) in [6.45, 7) is 5.57. The van der Waals surface area contributed by atoms with Gasteiger partial charge in [-0.2, -0.15) is 0 Å². The highest BCUT2D eigenvalue weighted by atomic mass is 32.2. The number of nitrogens with zero attached hydrogens (tertiary/aromatic N) is 1. The maximum atomic E-state index is 12.7. The lowest BCUT2D eigenvalue weighted by molar-refractivity contribution is -0.128. The predicted octanol–water partition coefficient (Wildman–Crippen LogP) is 5.83. The van der Waals surface area contributed by atoms with E-state index in [1.165, 1.54) is 16.0 Å². The minimum Gasteiger partial charge on any atom is -0.338 e. The number of amides is 2. The highest BCUT2D eigenvalue weighted by molar-refractivity contribution is 7.99. The van der Waals surface area contributed by atoms with Gasteiger partial charge in [-0.3, -0.25) is 9.59 Å². The zero-order valence-electron chi connectivity index (χ0n) is 17.9. The van der Waals surface area contributed by atoms with Crippen molar-refractivity contribution in [2.45, 2.75) is 43.0 Å². The van der Waals surface area contributed by atoms with Crippen molar-refractivity contribution in [2.75, 3.05) is 11.9 Å². The normalized spacial score (nSPS) is 13.5. The first kappa shape index (κ1) is 21.2. The number of carbonyl (C=O) groups is 2. The minimum absolute atomic E-state index is 0.149. The molecule has 1 heterocycles. The number of nitrogens with one attached hydrogen (secondary N) is 1. The Hall–Kier alpha value is -3.05. The molecule has 0 unspecified atom stereocenters. The molecule has 158 valence electrons. The topological polar surface area (TPSA) is 49.4 Å². The second-order valence-corrected chi connectivity index (χ2v) is 9.08. The fraction of sp³-hybridized carbons (Fsp3) is 0.231. The Morgan fingerprint density at radius 1 is 1.03 bits per heavy atom. The molecule has 0 aliphatic carbocycles. The summed E-state index contributed by atoms with van der Waals surface area (Å²) in [7, 11) is 0. The molecule has 1 fully saturated rings. The van der Waals surface area contributed by atoms with E-state index in [2.05, 4.69) is 37.4 Å². The average molecular weight is 431 g/mol. The Balaban J connectivity index is 1.39. The van der Waals surface area contributed by atoms with E-state index in [-0.39, 0.29) is 11.8 Å². The lowest BCUT2D eigenvalue weighted by Gasteiger charge is -2.16. The van der Waals surface area contributed by atoms with Crippen molar-refractivity contribution in [1.29, 1.82) is 0 Å². The third kappa shape index (κ3) is 5.36. The fourth-order valence-electron chi connectivity index (χ4n) is 3.75. The zero-order valence-corrected chi connectivity index (χ0v) is 18.7. The summed E-state index contributed by atoms with van der Waals surface area (Å²) in [5.74, 6) is 0.0398. The van der Waals surface area contributed by atoms with E-state index >= 15 is 0 Å². The molecule has 4 nitrogen and oxygen atoms in total. The number of benzene rings is 3. The molecule has 0 aromatic heterocycles. The monoisotopic (exact) mass is 430 g/mol. The number of anilines is 1. The Bertz CT molecular complexity index is 1110. The number of likely N-dealkylation sites (tertiary alicyclic amines) is 1. The average Bonchev–Trinajstić information content (AvgIpc) is 3.16. The Morgan fingerprint density at radius 3 is 2.55 bits per heavy atom. The Labute approximate surface area is 187 Å². The van der Waals surface area contributed by atoms with Crippen LogP contribution in [0.1, 0.15) is 39.9 Å². The standard InChI is InChI=1S/C26H26N2O2S/c1-18-8-13-24(19(2)15-18)31-23-11-9-22(10-12-23)27-26(30)21-6-3-5-20(16-21)17-28-14-4-7-25(28)29/h3,5-6,8-13,15-16H,4,7,14,17H2,1-2H3,(H,27,30). The van der Waals surface area contributed by atoms with E-state index in [1.807, 2.05) is 47.4 Å². The second-order valence-electron chi connectivity index (χ2n) is 7.97. The van der Waals surface area contributed by atoms with Gasteiger partial charge in [0, 0.05) is 40.6 Å². The van der Waals surface area contributed by atoms with Crippen LogP contribution in [0.4, 0.5) is 5.69 Å². The maximum Gasteiger partial charge on any atom is 0.255 e. The van der Waals surface area contributed by atoms with E-state index in [9.17, 15) is 9.59 Å². The van der Waals surface area contributed by atoms with Crippen LogP contribution in [0.5, 0.6) is 0 Å². The van der Waals surface area contributed by atoms with Crippen LogP contribution < -0.4 is 5.32 Å². The first-order valence-corrected chi connectivity index (χ1v) is 11.3. The SMILES string of the molecule is Cc1ccc(Sc2ccc(NC(=O)c3cccc(CN4CCCC4=O)c3)cc2)c(C)c1. The van der Waals surface area contributed by atoms with Crippen molar-refractivity contribution in [1.82, 2.24) is 4.90 Å². The zero-order chi connectivity index (χ0) is 21.8. The molecule has 1 N–H and O–H groups in total. The van der Waals surface area contributed by atoms with E-state index in [4.69, 9.17) is 0 Å². The molecule has 3 aromatic carbocycles. The first-order valence-electron chi connectivity index (χ1n) is 10.5. The molecule has 4 rings (SSSR count). The van der Waals surface area contributed by atoms with Gasteiger partial charge < -0.3 is 10.2 Å². The van der Waals surface area contributed by atoms with Crippen LogP contribution in [0.15, 0.2) is 76.5 Å². The van der Waals surface area contributed by atoms with Gasteiger partial charge in [-0.25, -0.2) is 0 Å². The first-order chi connectivity index (χ1) is 15.0. The highest BCUT2D eigenvalue weighted by Gasteiger charge is 2.20. The van der Waals surface area contributed by atoms with E-state index in [0.717, 1.165) is 29.1 Å². The summed E-state index contributed by atoms with van der Waals surface area (Å²) in [5.41, 5.74) is 4.85. The van der Waals surface area contributed by atoms with Gasteiger partial charge in [-0.1, -0.05) is 41.6 Å². The number of hydrogen-bond donors (Lipinski definition) is 1. The smallest absolute Gasteiger partial charge is 0.255 e. The van der Waals surface area contributed by atoms with Crippen LogP contribution in [-0.4, -0.2) is 23.3 Å². The van der Waals surface area contributed by atoms with Crippen LogP contribution in [0.3, 0.4) is 0 Å². The van der Waals surface area contributed by atoms with Crippen LogP contribution in [-0.2, 0) is 11.3 Å². The quantitative estimate of drug-likeness (QED) is 0.535. The molecule has 0 atom stereocenters. The van der Waals surface area contributed by atoms with Crippen LogP contribution in [0, 0.1) is 13.8 Å². The van der Waals surface area contributed by atoms with E-state index in [0.29, 0.717) is 18.5 Å². The van der Waals surface area contributed by atoms with Gasteiger partial charge in [0.15, 0.2) is 0 Å². The molecular weight excluding hydrogens is 404 g/mol. The van der Waals surface area contributed by atoms with Crippen molar-refractivity contribution >= 4 is 29.3 Å². The highest BCUT2D eigenvalue weighted by Crippen LogP contribution is 2.31. The molecule has 1 saturated heterocycles. The summed E-state index contributed by atoms with van der Waals surface area (Å²) in [6.07, 6.45) is 1.54. The van der Waals surface area contributed by atoms with E-state index in [1.54, 1.807) is 17.8 Å². The lowest BCUT2D eigenvalue weighted by Crippen LogP contribution is -2.24. The summed E-state index contributed by atoms with van der Waals surface area (Å²) < 4.78 is 0. The molecule has 0 bridgehead atoms. The van der Waals surface area contributed by atoms with E-state index < -0.39 is 0 Å². The molecule has 31 heavy (non-hydrogen) atoms. The number of hydrogen-bond acceptors (Lipinski definition) is 3. The molecular formula is C26H26N2O2S. The Kier molecular flexibility index (Phi) is 6.42. The molecule has 2 amide bonds. The summed E-state index contributed by atoms with van der Waals surface area (Å²) in [5, 5.41) is 2.97. The van der Waals surface area contributed by atoms with Crippen molar-refractivity contribution < 1.29 is 9.59 Å². The summed E-state index contributed by atoms with van der Waals surface area (Å²) in [4.78, 5) is 28.8. The van der Waals surface area contributed by atoms with Gasteiger partial charge in [0.2, 0.25) is 5.91 Å². The third-order valence-corrected chi connectivity index (χ3v) is 6.59. The number of aryl methyl sites for hydroxylation is 2. The third-order valence-electron chi connectivity index (χ3n) is 5.40. The van der Waals surface area contributed by atoms with Gasteiger partial charge in [0.05, 0.1) is 0 Å². The summed E-state index contributed by atoms with van der Waals surface area (Å²) in [6, 6.07) is 21.9. The van der Waals surface area contributed by atoms with Crippen LogP contribution >= 0.6 is 11.8 Å². The molecule has 0 radical (unpaired) electrons. The molecule has 0 spiro atoms. The summed E-state index contributed by atoms with van der Waals surface area (Å²) >= 11 is 1.72. The molecule has 0 saturated carbocycles. The molecule has 5 heteroatoms. The van der Waals surface area contributed by atoms with Gasteiger partial charge in [0.25, 0.3) is 5.91 Å². The fourth-order valence-corrected chi connectivity index (χ4v) is 4.63. The van der Waals surface area contributed by atoms with Crippen molar-refractivity contribution in [3.63, 3.8) is 0 Å². The Morgan fingerprint density at radius 2 is 1.84 bits per heavy atom. The van der Waals surface area contributed by atoms with Crippen molar-refractivity contribution in [3.8, 4) is 0 Å². The van der Waals surface area contributed by atoms with Gasteiger partial charge >= 0.3 is 0 Å². The van der Waals surface area contributed by atoms with Crippen molar-refractivity contribution in [2.24, 2.45) is 0 Å².